The Kier molecular flexibility index (Phi) is 6.21. The van der Waals surface area contributed by atoms with Crippen molar-refractivity contribution >= 4 is 48.2 Å². The summed E-state index contributed by atoms with van der Waals surface area (Å²) in [6.07, 6.45) is 3.94. The van der Waals surface area contributed by atoms with Gasteiger partial charge in [0.25, 0.3) is 0 Å². The van der Waals surface area contributed by atoms with Gasteiger partial charge in [0.15, 0.2) is 0 Å². The van der Waals surface area contributed by atoms with Gasteiger partial charge in [-0.25, -0.2) is 0 Å². The lowest BCUT2D eigenvalue weighted by Crippen LogP contribution is -2.25. The smallest absolute Gasteiger partial charge is 0.115 e. The largest absolute Gasteiger partial charge is 0.392 e. The van der Waals surface area contributed by atoms with Gasteiger partial charge in [-0.3, -0.25) is 0 Å². The molecule has 4 radical (unpaired) electrons. The van der Waals surface area contributed by atoms with Crippen LogP contribution in [0.2, 0.25) is 0 Å². The predicted octanol–water partition coefficient (Wildman–Crippen LogP) is 2.81. The van der Waals surface area contributed by atoms with Crippen LogP contribution in [-0.4, -0.2) is 25.9 Å². The Hall–Kier alpha value is -1.77. The van der Waals surface area contributed by atoms with Gasteiger partial charge in [-0.05, 0) is 92.7 Å². The molecule has 0 aliphatic rings. The zero-order chi connectivity index (χ0) is 20.6. The molecule has 142 valence electrons. The lowest BCUT2D eigenvalue weighted by Gasteiger charge is -2.23. The number of hydrogen-bond acceptors (Lipinski definition) is 2. The molecule has 4 heteroatoms. The van der Waals surface area contributed by atoms with Crippen molar-refractivity contribution in [1.82, 2.24) is 0 Å². The summed E-state index contributed by atoms with van der Waals surface area (Å²) in [4.78, 5) is 0. The van der Waals surface area contributed by atoms with Gasteiger partial charge < -0.3 is 10.2 Å². The molecule has 2 nitrogen and oxygen atoms in total. The standard InChI is InChI=1S/C24H28B2O2/c1-5-13-14(6-2)16(8-4)18-10-20-19(9-17(18)15(13)7-3)23(25)21(11-27)22(12-28)24(20)26/h9-10,27-28H,5-8,11-12H2,1-4H3. The van der Waals surface area contributed by atoms with Crippen molar-refractivity contribution in [2.75, 3.05) is 0 Å². The molecule has 0 saturated carbocycles. The minimum Gasteiger partial charge on any atom is -0.392 e. The fraction of sp³-hybridized carbons (Fsp3) is 0.417. The molecule has 0 unspecified atom stereocenters. The van der Waals surface area contributed by atoms with Crippen molar-refractivity contribution in [3.8, 4) is 0 Å². The SMILES string of the molecule is [B]c1c(CO)c(CO)c([B])c2cc3c(CC)c(CC)c(CC)c(CC)c3cc12. The van der Waals surface area contributed by atoms with Crippen LogP contribution in [0.4, 0.5) is 0 Å². The zero-order valence-electron chi connectivity index (χ0n) is 17.4. The van der Waals surface area contributed by atoms with Gasteiger partial charge in [-0.15, -0.1) is 0 Å². The van der Waals surface area contributed by atoms with E-state index < -0.39 is 0 Å². The first-order chi connectivity index (χ1) is 13.5. The molecule has 3 aromatic rings. The molecule has 28 heavy (non-hydrogen) atoms. The maximum absolute atomic E-state index is 9.81. The van der Waals surface area contributed by atoms with Crippen LogP contribution in [-0.2, 0) is 38.9 Å². The number of hydrogen-bond donors (Lipinski definition) is 2. The second kappa shape index (κ2) is 8.31. The first kappa shape index (κ1) is 21.0. The van der Waals surface area contributed by atoms with E-state index >= 15 is 0 Å². The minimum atomic E-state index is -0.240. The normalized spacial score (nSPS) is 11.6. The van der Waals surface area contributed by atoms with Crippen LogP contribution < -0.4 is 10.9 Å². The molecule has 0 amide bonds. The zero-order valence-corrected chi connectivity index (χ0v) is 17.4. The highest BCUT2D eigenvalue weighted by atomic mass is 16.3. The molecule has 0 spiro atoms. The van der Waals surface area contributed by atoms with E-state index in [-0.39, 0.29) is 13.2 Å². The molecular formula is C24H28B2O2. The van der Waals surface area contributed by atoms with E-state index in [0.717, 1.165) is 36.5 Å². The number of benzene rings is 3. The van der Waals surface area contributed by atoms with Crippen molar-refractivity contribution in [1.29, 1.82) is 0 Å². The van der Waals surface area contributed by atoms with Crippen molar-refractivity contribution in [3.05, 3.63) is 45.5 Å². The average molecular weight is 370 g/mol. The number of aliphatic hydroxyl groups excluding tert-OH is 2. The van der Waals surface area contributed by atoms with E-state index in [2.05, 4.69) is 39.8 Å². The fourth-order valence-corrected chi connectivity index (χ4v) is 4.91. The van der Waals surface area contributed by atoms with Crippen molar-refractivity contribution < 1.29 is 10.2 Å². The van der Waals surface area contributed by atoms with Crippen LogP contribution in [0.25, 0.3) is 21.5 Å². The first-order valence-corrected chi connectivity index (χ1v) is 10.3. The molecule has 0 atom stereocenters. The highest BCUT2D eigenvalue weighted by molar-refractivity contribution is 6.47. The molecule has 0 saturated heterocycles. The fourth-order valence-electron chi connectivity index (χ4n) is 4.91. The predicted molar refractivity (Wildman–Crippen MR) is 122 cm³/mol. The van der Waals surface area contributed by atoms with Gasteiger partial charge >= 0.3 is 0 Å². The van der Waals surface area contributed by atoms with E-state index in [1.165, 1.54) is 33.0 Å². The van der Waals surface area contributed by atoms with E-state index in [1.54, 1.807) is 0 Å². The minimum absolute atomic E-state index is 0.240. The second-order valence-corrected chi connectivity index (χ2v) is 7.37. The Labute approximate surface area is 170 Å². The molecule has 3 aromatic carbocycles. The van der Waals surface area contributed by atoms with E-state index in [1.807, 2.05) is 0 Å². The molecule has 0 bridgehead atoms. The third-order valence-corrected chi connectivity index (χ3v) is 6.23. The Morgan fingerprint density at radius 1 is 0.536 bits per heavy atom. The molecule has 0 aliphatic heterocycles. The Morgan fingerprint density at radius 3 is 1.11 bits per heavy atom. The lowest BCUT2D eigenvalue weighted by molar-refractivity contribution is 0.262. The Balaban J connectivity index is 2.61. The topological polar surface area (TPSA) is 40.5 Å². The molecule has 0 heterocycles. The molecule has 0 aliphatic carbocycles. The number of aryl methyl sites for hydroxylation is 2. The summed E-state index contributed by atoms with van der Waals surface area (Å²) < 4.78 is 0. The maximum atomic E-state index is 9.81. The summed E-state index contributed by atoms with van der Waals surface area (Å²) in [6, 6.07) is 4.29. The van der Waals surface area contributed by atoms with Crippen molar-refractivity contribution in [3.63, 3.8) is 0 Å². The summed E-state index contributed by atoms with van der Waals surface area (Å²) in [5, 5.41) is 23.8. The van der Waals surface area contributed by atoms with Gasteiger partial charge in [-0.1, -0.05) is 38.6 Å². The van der Waals surface area contributed by atoms with Gasteiger partial charge in [0.05, 0.1) is 13.2 Å². The van der Waals surface area contributed by atoms with E-state index in [9.17, 15) is 10.2 Å². The summed E-state index contributed by atoms with van der Waals surface area (Å²) in [6.45, 7) is 8.38. The quantitative estimate of drug-likeness (QED) is 0.518. The molecule has 3 rings (SSSR count). The van der Waals surface area contributed by atoms with Crippen molar-refractivity contribution in [2.45, 2.75) is 66.6 Å². The lowest BCUT2D eigenvalue weighted by atomic mass is 9.74. The summed E-state index contributed by atoms with van der Waals surface area (Å²) in [7, 11) is 12.9. The van der Waals surface area contributed by atoms with Gasteiger partial charge in [0.2, 0.25) is 0 Å². The summed E-state index contributed by atoms with van der Waals surface area (Å²) >= 11 is 0. The van der Waals surface area contributed by atoms with Crippen LogP contribution in [0.1, 0.15) is 61.1 Å². The highest BCUT2D eigenvalue weighted by Gasteiger charge is 2.19. The molecule has 0 aromatic heterocycles. The third-order valence-electron chi connectivity index (χ3n) is 6.23. The first-order valence-electron chi connectivity index (χ1n) is 10.3. The van der Waals surface area contributed by atoms with Crippen LogP contribution >= 0.6 is 0 Å². The summed E-state index contributed by atoms with van der Waals surface area (Å²) in [5.74, 6) is 0. The second-order valence-electron chi connectivity index (χ2n) is 7.37. The van der Waals surface area contributed by atoms with Crippen molar-refractivity contribution in [2.24, 2.45) is 0 Å². The highest BCUT2D eigenvalue weighted by Crippen LogP contribution is 2.35. The maximum Gasteiger partial charge on any atom is 0.115 e. The van der Waals surface area contributed by atoms with E-state index in [4.69, 9.17) is 15.7 Å². The van der Waals surface area contributed by atoms with Gasteiger partial charge in [-0.2, -0.15) is 0 Å². The van der Waals surface area contributed by atoms with Gasteiger partial charge in [0, 0.05) is 0 Å². The van der Waals surface area contributed by atoms with Gasteiger partial charge in [0.1, 0.15) is 15.7 Å². The van der Waals surface area contributed by atoms with Crippen LogP contribution in [0.15, 0.2) is 12.1 Å². The Bertz CT molecular complexity index is 971. The molecule has 0 fully saturated rings. The summed E-state index contributed by atoms with van der Waals surface area (Å²) in [5.41, 5.74) is 7.74. The monoisotopic (exact) mass is 370 g/mol. The number of fused-ring (bicyclic) bond motifs is 2. The van der Waals surface area contributed by atoms with Crippen LogP contribution in [0.3, 0.4) is 0 Å². The average Bonchev–Trinajstić information content (AvgIpc) is 2.72. The van der Waals surface area contributed by atoms with Crippen LogP contribution in [0.5, 0.6) is 0 Å². The number of rotatable bonds is 6. The third kappa shape index (κ3) is 2.98. The number of aliphatic hydroxyl groups is 2. The van der Waals surface area contributed by atoms with E-state index in [0.29, 0.717) is 22.1 Å². The molecule has 2 N–H and O–H groups in total. The molecular weight excluding hydrogens is 342 g/mol. The Morgan fingerprint density at radius 2 is 0.857 bits per heavy atom. The van der Waals surface area contributed by atoms with Crippen LogP contribution in [0, 0.1) is 0 Å².